The van der Waals surface area contributed by atoms with Gasteiger partial charge in [-0.05, 0) is 37.1 Å². The predicted octanol–water partition coefficient (Wildman–Crippen LogP) is 1.70. The first-order valence-corrected chi connectivity index (χ1v) is 9.29. The number of ether oxygens (including phenoxy) is 3. The average Bonchev–Trinajstić information content (AvgIpc) is 2.68. The molecular formula is C19H23ClN2O6. The van der Waals surface area contributed by atoms with Crippen LogP contribution in [0.3, 0.4) is 0 Å². The van der Waals surface area contributed by atoms with Gasteiger partial charge in [0.2, 0.25) is 5.91 Å². The van der Waals surface area contributed by atoms with Gasteiger partial charge in [0.15, 0.2) is 18.1 Å². The average molecular weight is 411 g/mol. The van der Waals surface area contributed by atoms with Crippen molar-refractivity contribution in [1.29, 1.82) is 0 Å². The summed E-state index contributed by atoms with van der Waals surface area (Å²) in [5.74, 6) is -0.590. The second-order valence-electron chi connectivity index (χ2n) is 6.05. The number of hydrogen-bond acceptors (Lipinski definition) is 6. The molecule has 0 saturated carbocycles. The van der Waals surface area contributed by atoms with Crippen LogP contribution < -0.4 is 20.1 Å². The molecule has 2 rings (SSSR count). The molecule has 28 heavy (non-hydrogen) atoms. The van der Waals surface area contributed by atoms with E-state index in [0.717, 1.165) is 6.42 Å². The Morgan fingerprint density at radius 3 is 2.79 bits per heavy atom. The molecule has 0 saturated heterocycles. The molecule has 1 aromatic rings. The van der Waals surface area contributed by atoms with Crippen LogP contribution in [-0.2, 0) is 19.1 Å². The van der Waals surface area contributed by atoms with E-state index in [9.17, 15) is 14.4 Å². The molecule has 0 radical (unpaired) electrons. The topological polar surface area (TPSA) is 103 Å². The lowest BCUT2D eigenvalue weighted by atomic mass is 10.2. The van der Waals surface area contributed by atoms with Crippen LogP contribution in [0.15, 0.2) is 18.2 Å². The lowest BCUT2D eigenvalue weighted by Gasteiger charge is -2.19. The molecule has 1 aromatic carbocycles. The third-order valence-corrected chi connectivity index (χ3v) is 3.98. The van der Waals surface area contributed by atoms with Gasteiger partial charge in [-0.3, -0.25) is 9.59 Å². The maximum Gasteiger partial charge on any atom is 0.331 e. The van der Waals surface area contributed by atoms with Crippen molar-refractivity contribution in [2.45, 2.75) is 26.3 Å². The van der Waals surface area contributed by atoms with Crippen LogP contribution in [0.5, 0.6) is 11.5 Å². The monoisotopic (exact) mass is 410 g/mol. The number of esters is 1. The van der Waals surface area contributed by atoms with E-state index in [1.807, 2.05) is 6.92 Å². The van der Waals surface area contributed by atoms with Gasteiger partial charge in [0.25, 0.3) is 5.91 Å². The van der Waals surface area contributed by atoms with Crippen LogP contribution in [0, 0.1) is 0 Å². The van der Waals surface area contributed by atoms with Crippen LogP contribution in [0.4, 0.5) is 0 Å². The maximum atomic E-state index is 11.8. The Bertz CT molecular complexity index is 765. The molecule has 9 heteroatoms. The van der Waals surface area contributed by atoms with Crippen LogP contribution in [0.1, 0.15) is 25.8 Å². The van der Waals surface area contributed by atoms with Crippen molar-refractivity contribution in [1.82, 2.24) is 10.6 Å². The normalized spacial score (nSPS) is 13.7. The van der Waals surface area contributed by atoms with E-state index >= 15 is 0 Å². The zero-order chi connectivity index (χ0) is 20.5. The van der Waals surface area contributed by atoms with Gasteiger partial charge < -0.3 is 24.8 Å². The van der Waals surface area contributed by atoms with E-state index in [0.29, 0.717) is 41.8 Å². The highest BCUT2D eigenvalue weighted by Crippen LogP contribution is 2.38. The van der Waals surface area contributed by atoms with Crippen LogP contribution >= 0.6 is 11.6 Å². The first kappa shape index (κ1) is 21.6. The van der Waals surface area contributed by atoms with Crippen molar-refractivity contribution >= 4 is 35.5 Å². The summed E-state index contributed by atoms with van der Waals surface area (Å²) < 4.78 is 15.8. The third kappa shape index (κ3) is 6.45. The Morgan fingerprint density at radius 2 is 2.04 bits per heavy atom. The number of hydrogen-bond donors (Lipinski definition) is 2. The molecule has 0 aromatic heterocycles. The van der Waals surface area contributed by atoms with Crippen LogP contribution in [0.25, 0.3) is 6.08 Å². The van der Waals surface area contributed by atoms with Gasteiger partial charge >= 0.3 is 5.97 Å². The van der Waals surface area contributed by atoms with Crippen molar-refractivity contribution < 1.29 is 28.6 Å². The second-order valence-corrected chi connectivity index (χ2v) is 6.46. The van der Waals surface area contributed by atoms with Crippen LogP contribution in [-0.4, -0.2) is 50.2 Å². The van der Waals surface area contributed by atoms with Crippen molar-refractivity contribution in [2.24, 2.45) is 0 Å². The SMILES string of the molecule is CCCNC(=O)[C@H](C)NC(=O)COC(=O)/C=C/c1cc(Cl)c2c(c1)OCCO2. The van der Waals surface area contributed by atoms with Gasteiger partial charge in [-0.25, -0.2) is 4.79 Å². The largest absolute Gasteiger partial charge is 0.486 e. The Morgan fingerprint density at radius 1 is 1.29 bits per heavy atom. The summed E-state index contributed by atoms with van der Waals surface area (Å²) in [7, 11) is 0. The third-order valence-electron chi connectivity index (χ3n) is 3.70. The van der Waals surface area contributed by atoms with Gasteiger partial charge in [-0.2, -0.15) is 0 Å². The quantitative estimate of drug-likeness (QED) is 0.499. The van der Waals surface area contributed by atoms with E-state index in [-0.39, 0.29) is 5.91 Å². The Hall–Kier alpha value is -2.74. The minimum atomic E-state index is -0.715. The lowest BCUT2D eigenvalue weighted by molar-refractivity contribution is -0.144. The summed E-state index contributed by atoms with van der Waals surface area (Å²) in [6, 6.07) is 2.60. The number of benzene rings is 1. The molecule has 0 unspecified atom stereocenters. The van der Waals surface area contributed by atoms with Crippen molar-refractivity contribution in [2.75, 3.05) is 26.4 Å². The summed E-state index contributed by atoms with van der Waals surface area (Å²) in [4.78, 5) is 35.3. The number of amides is 2. The molecule has 1 atom stereocenters. The molecule has 1 aliphatic rings. The smallest absolute Gasteiger partial charge is 0.331 e. The fraction of sp³-hybridized carbons (Fsp3) is 0.421. The van der Waals surface area contributed by atoms with Crippen molar-refractivity contribution in [3.63, 3.8) is 0 Å². The van der Waals surface area contributed by atoms with E-state index in [2.05, 4.69) is 10.6 Å². The summed E-state index contributed by atoms with van der Waals surface area (Å²) in [6.45, 7) is 4.36. The molecule has 2 amide bonds. The number of rotatable bonds is 8. The molecular weight excluding hydrogens is 388 g/mol. The number of fused-ring (bicyclic) bond motifs is 1. The summed E-state index contributed by atoms with van der Waals surface area (Å²) in [5.41, 5.74) is 0.622. The predicted molar refractivity (Wildman–Crippen MR) is 103 cm³/mol. The number of carbonyl (C=O) groups excluding carboxylic acids is 3. The molecule has 152 valence electrons. The van der Waals surface area contributed by atoms with Gasteiger partial charge in [0, 0.05) is 12.6 Å². The minimum Gasteiger partial charge on any atom is -0.486 e. The Labute approximate surface area is 168 Å². The second kappa shape index (κ2) is 10.6. The van der Waals surface area contributed by atoms with Gasteiger partial charge in [-0.15, -0.1) is 0 Å². The van der Waals surface area contributed by atoms with Crippen LogP contribution in [0.2, 0.25) is 5.02 Å². The van der Waals surface area contributed by atoms with Gasteiger partial charge in [-0.1, -0.05) is 18.5 Å². The van der Waals surface area contributed by atoms with E-state index < -0.39 is 24.5 Å². The Kier molecular flexibility index (Phi) is 8.13. The van der Waals surface area contributed by atoms with E-state index in [4.69, 9.17) is 25.8 Å². The Balaban J connectivity index is 1.81. The standard InChI is InChI=1S/C19H23ClN2O6/c1-3-6-21-19(25)12(2)22-16(23)11-28-17(24)5-4-13-9-14(20)18-15(10-13)26-7-8-27-18/h4-5,9-10,12H,3,6-8,11H2,1-2H3,(H,21,25)(H,22,23)/b5-4+/t12-/m0/s1. The molecule has 1 aliphatic heterocycles. The first-order valence-electron chi connectivity index (χ1n) is 8.91. The molecule has 8 nitrogen and oxygen atoms in total. The van der Waals surface area contributed by atoms with E-state index in [1.165, 1.54) is 12.2 Å². The van der Waals surface area contributed by atoms with Gasteiger partial charge in [0.05, 0.1) is 5.02 Å². The van der Waals surface area contributed by atoms with Crippen molar-refractivity contribution in [3.8, 4) is 11.5 Å². The molecule has 0 bridgehead atoms. The van der Waals surface area contributed by atoms with Gasteiger partial charge in [0.1, 0.15) is 19.3 Å². The zero-order valence-corrected chi connectivity index (χ0v) is 16.5. The molecule has 0 fully saturated rings. The van der Waals surface area contributed by atoms with Crippen molar-refractivity contribution in [3.05, 3.63) is 28.8 Å². The summed E-state index contributed by atoms with van der Waals surface area (Å²) in [6.07, 6.45) is 3.46. The highest BCUT2D eigenvalue weighted by Gasteiger charge is 2.17. The fourth-order valence-corrected chi connectivity index (χ4v) is 2.60. The number of halogens is 1. The molecule has 2 N–H and O–H groups in total. The molecule has 0 spiro atoms. The highest BCUT2D eigenvalue weighted by molar-refractivity contribution is 6.32. The fourth-order valence-electron chi connectivity index (χ4n) is 2.33. The number of carbonyl (C=O) groups is 3. The summed E-state index contributed by atoms with van der Waals surface area (Å²) >= 11 is 6.13. The highest BCUT2D eigenvalue weighted by atomic mass is 35.5. The maximum absolute atomic E-state index is 11.8. The summed E-state index contributed by atoms with van der Waals surface area (Å²) in [5, 5.41) is 5.50. The van der Waals surface area contributed by atoms with E-state index in [1.54, 1.807) is 19.1 Å². The minimum absolute atomic E-state index is 0.295. The molecule has 1 heterocycles. The lowest BCUT2D eigenvalue weighted by Crippen LogP contribution is -2.46. The first-order chi connectivity index (χ1) is 13.4. The molecule has 0 aliphatic carbocycles. The number of nitrogens with one attached hydrogen (secondary N) is 2. The zero-order valence-electron chi connectivity index (χ0n) is 15.7.